The van der Waals surface area contributed by atoms with Crippen LogP contribution in [0, 0.1) is 5.92 Å². The summed E-state index contributed by atoms with van der Waals surface area (Å²) in [5, 5.41) is 13.4. The smallest absolute Gasteiger partial charge is 0.313 e. The van der Waals surface area contributed by atoms with Crippen LogP contribution in [-0.2, 0) is 9.53 Å². The number of hydrogen-bond acceptors (Lipinski definition) is 4. The fourth-order valence-corrected chi connectivity index (χ4v) is 2.12. The number of carbonyl (C=O) groups excluding carboxylic acids is 1. The maximum atomic E-state index is 11.6. The van der Waals surface area contributed by atoms with Crippen LogP contribution in [0.25, 0.3) is 10.4 Å². The highest BCUT2D eigenvalue weighted by molar-refractivity contribution is 5.75. The van der Waals surface area contributed by atoms with E-state index in [1.54, 1.807) is 12.2 Å². The first-order valence-electron chi connectivity index (χ1n) is 5.33. The van der Waals surface area contributed by atoms with Gasteiger partial charge in [0.1, 0.15) is 12.2 Å². The third kappa shape index (κ3) is 2.03. The summed E-state index contributed by atoms with van der Waals surface area (Å²) < 4.78 is 5.18. The standard InChI is InChI=1S/C10H13N3O3/c11-13-12-7-5-4-6-2-1-3-8(9(7)14)16-10(6)15/h4-9,14H,1-3H2/t6-,7+,8+,9-/m0/s1. The molecule has 2 heterocycles. The Morgan fingerprint density at radius 2 is 2.31 bits per heavy atom. The van der Waals surface area contributed by atoms with E-state index in [1.165, 1.54) is 0 Å². The Morgan fingerprint density at radius 3 is 3.06 bits per heavy atom. The van der Waals surface area contributed by atoms with Crippen LogP contribution in [0.4, 0.5) is 0 Å². The molecule has 0 aromatic rings. The molecule has 0 spiro atoms. The highest BCUT2D eigenvalue weighted by Crippen LogP contribution is 2.27. The van der Waals surface area contributed by atoms with Gasteiger partial charge >= 0.3 is 5.97 Å². The topological polar surface area (TPSA) is 95.3 Å². The van der Waals surface area contributed by atoms with Crippen LogP contribution in [0.5, 0.6) is 0 Å². The van der Waals surface area contributed by atoms with Crippen LogP contribution < -0.4 is 0 Å². The number of aliphatic hydroxyl groups is 1. The average Bonchev–Trinajstić information content (AvgIpc) is 2.41. The fraction of sp³-hybridized carbons (Fsp3) is 0.700. The number of carbonyl (C=O) groups is 1. The van der Waals surface area contributed by atoms with Gasteiger partial charge < -0.3 is 9.84 Å². The second-order valence-electron chi connectivity index (χ2n) is 4.08. The fourth-order valence-electron chi connectivity index (χ4n) is 2.12. The van der Waals surface area contributed by atoms with Crippen molar-refractivity contribution in [1.82, 2.24) is 0 Å². The van der Waals surface area contributed by atoms with Crippen molar-refractivity contribution in [3.8, 4) is 0 Å². The van der Waals surface area contributed by atoms with Crippen LogP contribution in [0.2, 0.25) is 0 Å². The number of hydrogen-bond donors (Lipinski definition) is 1. The summed E-state index contributed by atoms with van der Waals surface area (Å²) >= 11 is 0. The quantitative estimate of drug-likeness (QED) is 0.238. The van der Waals surface area contributed by atoms with Crippen molar-refractivity contribution in [3.05, 3.63) is 22.6 Å². The molecule has 1 saturated heterocycles. The highest BCUT2D eigenvalue weighted by Gasteiger charge is 2.35. The summed E-state index contributed by atoms with van der Waals surface area (Å²) in [5.41, 5.74) is 8.40. The molecule has 2 bridgehead atoms. The van der Waals surface area contributed by atoms with E-state index in [-0.39, 0.29) is 11.9 Å². The van der Waals surface area contributed by atoms with Gasteiger partial charge in [-0.1, -0.05) is 17.3 Å². The summed E-state index contributed by atoms with van der Waals surface area (Å²) in [6, 6.07) is -0.649. The number of azide groups is 1. The minimum absolute atomic E-state index is 0.270. The lowest BCUT2D eigenvalue weighted by Gasteiger charge is -2.26. The Bertz CT molecular complexity index is 362. The molecule has 0 aromatic carbocycles. The molecule has 0 aliphatic carbocycles. The molecule has 0 unspecified atom stereocenters. The van der Waals surface area contributed by atoms with E-state index in [2.05, 4.69) is 10.0 Å². The summed E-state index contributed by atoms with van der Waals surface area (Å²) in [5.74, 6) is -0.564. The van der Waals surface area contributed by atoms with E-state index in [4.69, 9.17) is 10.3 Å². The molecule has 2 aliphatic heterocycles. The number of aliphatic hydroxyl groups excluding tert-OH is 1. The zero-order chi connectivity index (χ0) is 11.5. The van der Waals surface area contributed by atoms with Crippen LogP contribution in [0.3, 0.4) is 0 Å². The maximum absolute atomic E-state index is 11.6. The van der Waals surface area contributed by atoms with Gasteiger partial charge in [-0.15, -0.1) is 0 Å². The first-order valence-corrected chi connectivity index (χ1v) is 5.33. The molecule has 6 heteroatoms. The number of fused-ring (bicyclic) bond motifs is 3. The Kier molecular flexibility index (Phi) is 3.12. The van der Waals surface area contributed by atoms with Crippen molar-refractivity contribution >= 4 is 5.97 Å². The van der Waals surface area contributed by atoms with Crippen molar-refractivity contribution < 1.29 is 14.6 Å². The monoisotopic (exact) mass is 223 g/mol. The van der Waals surface area contributed by atoms with Crippen LogP contribution in [0.15, 0.2) is 17.3 Å². The third-order valence-electron chi connectivity index (χ3n) is 3.03. The van der Waals surface area contributed by atoms with Crippen LogP contribution >= 0.6 is 0 Å². The minimum Gasteiger partial charge on any atom is -0.459 e. The molecule has 0 amide bonds. The summed E-state index contributed by atoms with van der Waals surface area (Å²) in [4.78, 5) is 14.3. The van der Waals surface area contributed by atoms with E-state index < -0.39 is 18.2 Å². The second kappa shape index (κ2) is 4.55. The predicted molar refractivity (Wildman–Crippen MR) is 55.3 cm³/mol. The predicted octanol–water partition coefficient (Wildman–Crippen LogP) is 1.31. The van der Waals surface area contributed by atoms with Gasteiger partial charge in [-0.3, -0.25) is 4.79 Å². The Labute approximate surface area is 92.5 Å². The molecular weight excluding hydrogens is 210 g/mol. The van der Waals surface area contributed by atoms with Crippen molar-refractivity contribution in [2.24, 2.45) is 11.0 Å². The lowest BCUT2D eigenvalue weighted by atomic mass is 10.0. The van der Waals surface area contributed by atoms with E-state index in [9.17, 15) is 9.90 Å². The molecule has 0 aromatic heterocycles. The zero-order valence-electron chi connectivity index (χ0n) is 8.69. The average molecular weight is 223 g/mol. The van der Waals surface area contributed by atoms with Crippen molar-refractivity contribution in [2.75, 3.05) is 0 Å². The largest absolute Gasteiger partial charge is 0.459 e. The SMILES string of the molecule is [N-]=[N+]=N[C@@H]1C=C[C@@H]2CCC[C@@H](OC2=O)[C@H]1O. The Balaban J connectivity index is 2.32. The highest BCUT2D eigenvalue weighted by atomic mass is 16.6. The van der Waals surface area contributed by atoms with Gasteiger partial charge in [-0.05, 0) is 24.8 Å². The molecule has 2 rings (SSSR count). The van der Waals surface area contributed by atoms with E-state index in [0.29, 0.717) is 6.42 Å². The molecule has 86 valence electrons. The van der Waals surface area contributed by atoms with Gasteiger partial charge in [0.2, 0.25) is 0 Å². The summed E-state index contributed by atoms with van der Waals surface area (Å²) in [6.07, 6.45) is 3.93. The van der Waals surface area contributed by atoms with Crippen molar-refractivity contribution in [3.63, 3.8) is 0 Å². The molecule has 16 heavy (non-hydrogen) atoms. The number of nitrogens with zero attached hydrogens (tertiary/aromatic N) is 3. The van der Waals surface area contributed by atoms with Gasteiger partial charge in [0.15, 0.2) is 0 Å². The second-order valence-corrected chi connectivity index (χ2v) is 4.08. The van der Waals surface area contributed by atoms with Gasteiger partial charge in [-0.25, -0.2) is 0 Å². The summed E-state index contributed by atoms with van der Waals surface area (Å²) in [6.45, 7) is 0. The number of rotatable bonds is 1. The molecule has 2 aliphatic rings. The molecule has 1 fully saturated rings. The molecule has 4 atom stereocenters. The third-order valence-corrected chi connectivity index (χ3v) is 3.03. The summed E-state index contributed by atoms with van der Waals surface area (Å²) in [7, 11) is 0. The first kappa shape index (κ1) is 11.0. The lowest BCUT2D eigenvalue weighted by Crippen LogP contribution is -2.39. The van der Waals surface area contributed by atoms with Gasteiger partial charge in [0, 0.05) is 4.91 Å². The van der Waals surface area contributed by atoms with E-state index in [0.717, 1.165) is 12.8 Å². The lowest BCUT2D eigenvalue weighted by molar-refractivity contribution is -0.157. The molecule has 0 saturated carbocycles. The molecular formula is C10H13N3O3. The van der Waals surface area contributed by atoms with E-state index >= 15 is 0 Å². The van der Waals surface area contributed by atoms with Gasteiger partial charge in [0.05, 0.1) is 12.0 Å². The van der Waals surface area contributed by atoms with Crippen LogP contribution in [0.1, 0.15) is 19.3 Å². The normalized spacial score (nSPS) is 37.9. The van der Waals surface area contributed by atoms with Gasteiger partial charge in [-0.2, -0.15) is 0 Å². The van der Waals surface area contributed by atoms with Gasteiger partial charge in [0.25, 0.3) is 0 Å². The van der Waals surface area contributed by atoms with Crippen molar-refractivity contribution in [1.29, 1.82) is 0 Å². The van der Waals surface area contributed by atoms with Crippen LogP contribution in [-0.4, -0.2) is 29.3 Å². The number of ether oxygens (including phenoxy) is 1. The molecule has 6 nitrogen and oxygen atoms in total. The zero-order valence-corrected chi connectivity index (χ0v) is 8.69. The van der Waals surface area contributed by atoms with Crippen molar-refractivity contribution in [2.45, 2.75) is 37.5 Å². The number of esters is 1. The maximum Gasteiger partial charge on any atom is 0.313 e. The minimum atomic E-state index is -0.949. The molecule has 1 N–H and O–H groups in total. The Hall–Kier alpha value is -1.52. The Morgan fingerprint density at radius 1 is 1.50 bits per heavy atom. The van der Waals surface area contributed by atoms with E-state index in [1.807, 2.05) is 0 Å². The first-order chi connectivity index (χ1) is 7.72. The molecule has 0 radical (unpaired) electrons.